The van der Waals surface area contributed by atoms with Crippen LogP contribution in [0.5, 0.6) is 5.75 Å². The van der Waals surface area contributed by atoms with Gasteiger partial charge in [-0.25, -0.2) is 8.78 Å². The number of methoxy groups -OCH3 is 1. The van der Waals surface area contributed by atoms with Gasteiger partial charge in [0.1, 0.15) is 17.4 Å². The minimum absolute atomic E-state index is 0.0896. The van der Waals surface area contributed by atoms with Gasteiger partial charge in [-0.1, -0.05) is 12.1 Å². The van der Waals surface area contributed by atoms with Crippen LogP contribution < -0.4 is 10.1 Å². The number of nitrogens with zero attached hydrogens (tertiary/aromatic N) is 1. The lowest BCUT2D eigenvalue weighted by Gasteiger charge is -2.15. The second-order valence-corrected chi connectivity index (χ2v) is 5.77. The predicted octanol–water partition coefficient (Wildman–Crippen LogP) is 4.21. The first-order chi connectivity index (χ1) is 12.1. The van der Waals surface area contributed by atoms with Crippen LogP contribution in [0.2, 0.25) is 0 Å². The summed E-state index contributed by atoms with van der Waals surface area (Å²) in [6.45, 7) is 2.54. The third-order valence-electron chi connectivity index (χ3n) is 4.13. The molecule has 1 heterocycles. The molecule has 0 saturated carbocycles. The molecule has 0 amide bonds. The molecule has 0 radical (unpaired) electrons. The zero-order valence-corrected chi connectivity index (χ0v) is 14.0. The fourth-order valence-electron chi connectivity index (χ4n) is 2.64. The molecule has 25 heavy (non-hydrogen) atoms. The van der Waals surface area contributed by atoms with Gasteiger partial charge >= 0.3 is 0 Å². The molecule has 0 aliphatic rings. The van der Waals surface area contributed by atoms with Gasteiger partial charge in [-0.3, -0.25) is 5.10 Å². The number of halogens is 2. The molecular formula is C19H19F2N3O. The van der Waals surface area contributed by atoms with E-state index in [1.807, 2.05) is 31.2 Å². The average molecular weight is 343 g/mol. The molecule has 1 aromatic heterocycles. The highest BCUT2D eigenvalue weighted by Crippen LogP contribution is 2.25. The Labute approximate surface area is 144 Å². The molecule has 2 N–H and O–H groups in total. The monoisotopic (exact) mass is 343 g/mol. The zero-order chi connectivity index (χ0) is 17.8. The summed E-state index contributed by atoms with van der Waals surface area (Å²) < 4.78 is 32.3. The summed E-state index contributed by atoms with van der Waals surface area (Å²) in [5.74, 6) is -0.415. The Morgan fingerprint density at radius 1 is 1.16 bits per heavy atom. The van der Waals surface area contributed by atoms with Crippen molar-refractivity contribution in [1.29, 1.82) is 0 Å². The maximum Gasteiger partial charge on any atom is 0.135 e. The van der Waals surface area contributed by atoms with E-state index >= 15 is 0 Å². The van der Waals surface area contributed by atoms with Crippen LogP contribution in [0.3, 0.4) is 0 Å². The highest BCUT2D eigenvalue weighted by Gasteiger charge is 2.14. The third kappa shape index (κ3) is 3.85. The van der Waals surface area contributed by atoms with Crippen LogP contribution in [0.15, 0.2) is 48.7 Å². The average Bonchev–Trinajstić information content (AvgIpc) is 3.08. The number of aromatic amines is 1. The topological polar surface area (TPSA) is 49.9 Å². The van der Waals surface area contributed by atoms with Crippen molar-refractivity contribution in [3.05, 3.63) is 71.4 Å². The Morgan fingerprint density at radius 2 is 1.92 bits per heavy atom. The molecule has 130 valence electrons. The Balaban J connectivity index is 1.72. The van der Waals surface area contributed by atoms with Gasteiger partial charge in [0.05, 0.1) is 19.0 Å². The van der Waals surface area contributed by atoms with Crippen molar-refractivity contribution in [2.45, 2.75) is 19.5 Å². The summed E-state index contributed by atoms with van der Waals surface area (Å²) in [6, 6.07) is 11.4. The molecule has 0 unspecified atom stereocenters. The second-order valence-electron chi connectivity index (χ2n) is 5.77. The molecular weight excluding hydrogens is 324 g/mol. The van der Waals surface area contributed by atoms with Crippen LogP contribution in [-0.2, 0) is 6.54 Å². The van der Waals surface area contributed by atoms with Crippen molar-refractivity contribution in [1.82, 2.24) is 15.5 Å². The molecule has 0 saturated heterocycles. The number of aromatic nitrogens is 2. The zero-order valence-electron chi connectivity index (χ0n) is 14.0. The fourth-order valence-corrected chi connectivity index (χ4v) is 2.64. The number of hydrogen-bond acceptors (Lipinski definition) is 3. The lowest BCUT2D eigenvalue weighted by Crippen LogP contribution is -2.18. The highest BCUT2D eigenvalue weighted by molar-refractivity contribution is 5.63. The van der Waals surface area contributed by atoms with Gasteiger partial charge in [0.25, 0.3) is 0 Å². The standard InChI is InChI=1S/C19H19F2N3O/c1-12(13-3-6-16(25-2)7-4-13)22-10-14-11-23-24-19(14)17-8-5-15(20)9-18(17)21/h3-9,11-12,22H,10H2,1-2H3,(H,23,24)/t12-/m1/s1. The Morgan fingerprint density at radius 3 is 2.60 bits per heavy atom. The summed E-state index contributed by atoms with van der Waals surface area (Å²) in [7, 11) is 1.63. The van der Waals surface area contributed by atoms with Crippen molar-refractivity contribution < 1.29 is 13.5 Å². The van der Waals surface area contributed by atoms with Crippen LogP contribution in [0.1, 0.15) is 24.1 Å². The summed E-state index contributed by atoms with van der Waals surface area (Å²) in [4.78, 5) is 0. The van der Waals surface area contributed by atoms with Gasteiger partial charge in [0, 0.05) is 29.8 Å². The summed E-state index contributed by atoms with van der Waals surface area (Å²) in [6.07, 6.45) is 1.64. The lowest BCUT2D eigenvalue weighted by atomic mass is 10.1. The maximum absolute atomic E-state index is 14.0. The second kappa shape index (κ2) is 7.44. The number of ether oxygens (including phenoxy) is 1. The highest BCUT2D eigenvalue weighted by atomic mass is 19.1. The van der Waals surface area contributed by atoms with Crippen LogP contribution in [0, 0.1) is 11.6 Å². The van der Waals surface area contributed by atoms with Gasteiger partial charge in [0.2, 0.25) is 0 Å². The summed E-state index contributed by atoms with van der Waals surface area (Å²) >= 11 is 0. The number of H-pyrrole nitrogens is 1. The van der Waals surface area contributed by atoms with Crippen LogP contribution >= 0.6 is 0 Å². The molecule has 0 aliphatic carbocycles. The molecule has 0 spiro atoms. The molecule has 2 aromatic carbocycles. The molecule has 0 bridgehead atoms. The molecule has 3 rings (SSSR count). The molecule has 6 heteroatoms. The maximum atomic E-state index is 14.0. The van der Waals surface area contributed by atoms with Crippen molar-refractivity contribution in [3.63, 3.8) is 0 Å². The van der Waals surface area contributed by atoms with Crippen LogP contribution in [-0.4, -0.2) is 17.3 Å². The van der Waals surface area contributed by atoms with Crippen LogP contribution in [0.4, 0.5) is 8.78 Å². The normalized spacial score (nSPS) is 12.2. The first-order valence-electron chi connectivity index (χ1n) is 7.93. The van der Waals surface area contributed by atoms with E-state index in [-0.39, 0.29) is 6.04 Å². The van der Waals surface area contributed by atoms with E-state index in [0.29, 0.717) is 17.8 Å². The third-order valence-corrected chi connectivity index (χ3v) is 4.13. The fraction of sp³-hybridized carbons (Fsp3) is 0.211. The SMILES string of the molecule is COc1ccc([C@@H](C)NCc2cn[nH]c2-c2ccc(F)cc2F)cc1. The number of hydrogen-bond donors (Lipinski definition) is 2. The van der Waals surface area contributed by atoms with E-state index in [2.05, 4.69) is 15.5 Å². The van der Waals surface area contributed by atoms with Crippen molar-refractivity contribution in [2.75, 3.05) is 7.11 Å². The predicted molar refractivity (Wildman–Crippen MR) is 92.2 cm³/mol. The van der Waals surface area contributed by atoms with Crippen LogP contribution in [0.25, 0.3) is 11.3 Å². The Hall–Kier alpha value is -2.73. The quantitative estimate of drug-likeness (QED) is 0.705. The van der Waals surface area contributed by atoms with E-state index in [0.717, 1.165) is 22.9 Å². The van der Waals surface area contributed by atoms with E-state index < -0.39 is 11.6 Å². The van der Waals surface area contributed by atoms with E-state index in [1.165, 1.54) is 12.1 Å². The Kier molecular flexibility index (Phi) is 5.09. The molecule has 0 fully saturated rings. The lowest BCUT2D eigenvalue weighted by molar-refractivity contribution is 0.414. The van der Waals surface area contributed by atoms with Gasteiger partial charge in [-0.2, -0.15) is 5.10 Å². The first-order valence-corrected chi connectivity index (χ1v) is 7.93. The minimum atomic E-state index is -0.617. The van der Waals surface area contributed by atoms with E-state index in [9.17, 15) is 8.78 Å². The van der Waals surface area contributed by atoms with Gasteiger partial charge in [-0.15, -0.1) is 0 Å². The number of rotatable bonds is 6. The molecule has 3 aromatic rings. The summed E-state index contributed by atoms with van der Waals surface area (Å²) in [5, 5.41) is 10.2. The smallest absolute Gasteiger partial charge is 0.135 e. The van der Waals surface area contributed by atoms with Gasteiger partial charge in [0.15, 0.2) is 0 Å². The first kappa shape index (κ1) is 17.1. The largest absolute Gasteiger partial charge is 0.497 e. The van der Waals surface area contributed by atoms with Crippen molar-refractivity contribution >= 4 is 0 Å². The molecule has 4 nitrogen and oxygen atoms in total. The van der Waals surface area contributed by atoms with Crippen molar-refractivity contribution in [3.8, 4) is 17.0 Å². The van der Waals surface area contributed by atoms with Crippen molar-refractivity contribution in [2.24, 2.45) is 0 Å². The van der Waals surface area contributed by atoms with Gasteiger partial charge in [-0.05, 0) is 36.8 Å². The Bertz CT molecular complexity index is 846. The van der Waals surface area contributed by atoms with E-state index in [4.69, 9.17) is 4.74 Å². The minimum Gasteiger partial charge on any atom is -0.497 e. The number of nitrogens with one attached hydrogen (secondary N) is 2. The molecule has 0 aliphatic heterocycles. The number of benzene rings is 2. The van der Waals surface area contributed by atoms with E-state index in [1.54, 1.807) is 13.3 Å². The van der Waals surface area contributed by atoms with Gasteiger partial charge < -0.3 is 10.1 Å². The summed E-state index contributed by atoms with van der Waals surface area (Å²) in [5.41, 5.74) is 2.77. The molecule has 1 atom stereocenters.